The number of nitrogens with two attached hydrogens (primary N) is 1. The largest absolute Gasteiger partial charge is 0.365 e. The van der Waals surface area contributed by atoms with Gasteiger partial charge in [0.15, 0.2) is 0 Å². The van der Waals surface area contributed by atoms with Gasteiger partial charge in [0.1, 0.15) is 6.21 Å². The number of nitrogens with one attached hydrogen (secondary N) is 1. The minimum Gasteiger partial charge on any atom is -0.365 e. The zero-order valence-corrected chi connectivity index (χ0v) is 7.10. The van der Waals surface area contributed by atoms with Crippen LogP contribution < -0.4 is 11.2 Å². The van der Waals surface area contributed by atoms with Crippen LogP contribution in [-0.4, -0.2) is 12.1 Å². The standard InChI is InChI=1S/C9H11N3O/c10-9(13)7-12-11-6-8-4-2-1-3-5-8/h1-5,7,11H,6H2,(H2,10,13)/b12-7-. The van der Waals surface area contributed by atoms with E-state index >= 15 is 0 Å². The molecule has 0 aliphatic rings. The van der Waals surface area contributed by atoms with E-state index in [1.54, 1.807) is 0 Å². The van der Waals surface area contributed by atoms with E-state index in [1.165, 1.54) is 0 Å². The van der Waals surface area contributed by atoms with Gasteiger partial charge in [-0.25, -0.2) is 0 Å². The molecule has 0 spiro atoms. The zero-order valence-electron chi connectivity index (χ0n) is 7.10. The first-order valence-corrected chi connectivity index (χ1v) is 3.88. The number of carbonyl (C=O) groups excluding carboxylic acids is 1. The van der Waals surface area contributed by atoms with Gasteiger partial charge in [0.2, 0.25) is 0 Å². The Balaban J connectivity index is 2.32. The Labute approximate surface area is 76.4 Å². The summed E-state index contributed by atoms with van der Waals surface area (Å²) in [5.41, 5.74) is 8.65. The third kappa shape index (κ3) is 3.91. The molecule has 0 aliphatic carbocycles. The number of hydrazone groups is 1. The Bertz CT molecular complexity index is 295. The molecule has 0 radical (unpaired) electrons. The summed E-state index contributed by atoms with van der Waals surface area (Å²) in [5, 5.41) is 3.62. The van der Waals surface area contributed by atoms with Crippen LogP contribution in [0.1, 0.15) is 5.56 Å². The number of nitrogens with zero attached hydrogens (tertiary/aromatic N) is 1. The van der Waals surface area contributed by atoms with Crippen LogP contribution in [0.15, 0.2) is 35.4 Å². The Morgan fingerprint density at radius 3 is 2.77 bits per heavy atom. The first-order chi connectivity index (χ1) is 6.29. The number of hydrogen-bond acceptors (Lipinski definition) is 3. The molecular weight excluding hydrogens is 166 g/mol. The average molecular weight is 177 g/mol. The molecule has 4 nitrogen and oxygen atoms in total. The second kappa shape index (κ2) is 4.92. The van der Waals surface area contributed by atoms with E-state index in [2.05, 4.69) is 10.5 Å². The molecule has 0 saturated carbocycles. The van der Waals surface area contributed by atoms with Crippen LogP contribution in [0.25, 0.3) is 0 Å². The van der Waals surface area contributed by atoms with Crippen LogP contribution in [0, 0.1) is 0 Å². The number of benzene rings is 1. The molecule has 1 amide bonds. The summed E-state index contributed by atoms with van der Waals surface area (Å²) in [6.45, 7) is 0.588. The number of hydrogen-bond donors (Lipinski definition) is 2. The number of primary amides is 1. The third-order valence-electron chi connectivity index (χ3n) is 1.41. The molecule has 68 valence electrons. The lowest BCUT2D eigenvalue weighted by Crippen LogP contribution is -2.15. The van der Waals surface area contributed by atoms with Gasteiger partial charge in [0, 0.05) is 0 Å². The summed E-state index contributed by atoms with van der Waals surface area (Å²) in [5.74, 6) is -0.555. The van der Waals surface area contributed by atoms with Gasteiger partial charge in [0.25, 0.3) is 5.91 Å². The van der Waals surface area contributed by atoms with E-state index in [-0.39, 0.29) is 0 Å². The van der Waals surface area contributed by atoms with Gasteiger partial charge in [-0.3, -0.25) is 4.79 Å². The van der Waals surface area contributed by atoms with Crippen molar-refractivity contribution in [3.05, 3.63) is 35.9 Å². The van der Waals surface area contributed by atoms with Crippen LogP contribution in [0.3, 0.4) is 0 Å². The van der Waals surface area contributed by atoms with Crippen molar-refractivity contribution in [1.29, 1.82) is 0 Å². The SMILES string of the molecule is NC(=O)/C=N\NCc1ccccc1. The number of carbonyl (C=O) groups is 1. The molecule has 13 heavy (non-hydrogen) atoms. The quantitative estimate of drug-likeness (QED) is 0.511. The average Bonchev–Trinajstić information content (AvgIpc) is 2.14. The lowest BCUT2D eigenvalue weighted by molar-refractivity contribution is -0.111. The number of rotatable bonds is 4. The molecule has 4 heteroatoms. The second-order valence-corrected chi connectivity index (χ2v) is 2.48. The molecule has 0 aliphatic heterocycles. The van der Waals surface area contributed by atoms with E-state index in [1.807, 2.05) is 30.3 Å². The lowest BCUT2D eigenvalue weighted by Gasteiger charge is -1.98. The Kier molecular flexibility index (Phi) is 3.50. The van der Waals surface area contributed by atoms with E-state index < -0.39 is 5.91 Å². The van der Waals surface area contributed by atoms with Gasteiger partial charge < -0.3 is 11.2 Å². The summed E-state index contributed by atoms with van der Waals surface area (Å²) >= 11 is 0. The lowest BCUT2D eigenvalue weighted by atomic mass is 10.2. The van der Waals surface area contributed by atoms with Crippen molar-refractivity contribution in [3.63, 3.8) is 0 Å². The van der Waals surface area contributed by atoms with Crippen LogP contribution in [-0.2, 0) is 11.3 Å². The maximum absolute atomic E-state index is 10.2. The van der Waals surface area contributed by atoms with Crippen LogP contribution >= 0.6 is 0 Å². The minimum atomic E-state index is -0.555. The fraction of sp³-hybridized carbons (Fsp3) is 0.111. The third-order valence-corrected chi connectivity index (χ3v) is 1.41. The summed E-state index contributed by atoms with van der Waals surface area (Å²) in [6, 6.07) is 9.75. The molecule has 0 aromatic heterocycles. The minimum absolute atomic E-state index is 0.555. The van der Waals surface area contributed by atoms with E-state index in [4.69, 9.17) is 5.73 Å². The Morgan fingerprint density at radius 2 is 2.15 bits per heavy atom. The maximum atomic E-state index is 10.2. The van der Waals surface area contributed by atoms with E-state index in [9.17, 15) is 4.79 Å². The highest BCUT2D eigenvalue weighted by Crippen LogP contribution is 1.96. The normalized spacial score (nSPS) is 10.2. The molecule has 0 bridgehead atoms. The predicted octanol–water partition coefficient (Wildman–Crippen LogP) is 0.247. The number of amides is 1. The molecule has 0 atom stereocenters. The van der Waals surface area contributed by atoms with Crippen molar-refractivity contribution in [3.8, 4) is 0 Å². The molecule has 0 fully saturated rings. The first kappa shape index (κ1) is 9.25. The Morgan fingerprint density at radius 1 is 1.46 bits per heavy atom. The second-order valence-electron chi connectivity index (χ2n) is 2.48. The van der Waals surface area contributed by atoms with Gasteiger partial charge in [-0.05, 0) is 5.56 Å². The van der Waals surface area contributed by atoms with Gasteiger partial charge in [-0.1, -0.05) is 30.3 Å². The summed E-state index contributed by atoms with van der Waals surface area (Å²) in [4.78, 5) is 10.2. The molecule has 1 rings (SSSR count). The van der Waals surface area contributed by atoms with Crippen molar-refractivity contribution in [2.45, 2.75) is 6.54 Å². The molecular formula is C9H11N3O. The summed E-state index contributed by atoms with van der Waals surface area (Å²) < 4.78 is 0. The zero-order chi connectivity index (χ0) is 9.52. The van der Waals surface area contributed by atoms with Crippen LogP contribution in [0.4, 0.5) is 0 Å². The van der Waals surface area contributed by atoms with Gasteiger partial charge in [0.05, 0.1) is 6.54 Å². The van der Waals surface area contributed by atoms with Gasteiger partial charge >= 0.3 is 0 Å². The van der Waals surface area contributed by atoms with E-state index in [0.29, 0.717) is 6.54 Å². The molecule has 1 aromatic carbocycles. The molecule has 3 N–H and O–H groups in total. The molecule has 0 saturated heterocycles. The van der Waals surface area contributed by atoms with Crippen molar-refractivity contribution in [2.24, 2.45) is 10.8 Å². The highest BCUT2D eigenvalue weighted by atomic mass is 16.1. The van der Waals surface area contributed by atoms with Gasteiger partial charge in [-0.2, -0.15) is 5.10 Å². The van der Waals surface area contributed by atoms with Crippen LogP contribution in [0.2, 0.25) is 0 Å². The molecule has 1 aromatic rings. The van der Waals surface area contributed by atoms with Crippen molar-refractivity contribution >= 4 is 12.1 Å². The van der Waals surface area contributed by atoms with E-state index in [0.717, 1.165) is 11.8 Å². The highest BCUT2D eigenvalue weighted by molar-refractivity contribution is 6.25. The fourth-order valence-corrected chi connectivity index (χ4v) is 0.842. The monoisotopic (exact) mass is 177 g/mol. The predicted molar refractivity (Wildman–Crippen MR) is 51.0 cm³/mol. The highest BCUT2D eigenvalue weighted by Gasteiger charge is 1.87. The summed E-state index contributed by atoms with van der Waals surface area (Å²) in [7, 11) is 0. The Hall–Kier alpha value is -1.84. The smallest absolute Gasteiger partial charge is 0.261 e. The van der Waals surface area contributed by atoms with Gasteiger partial charge in [-0.15, -0.1) is 0 Å². The first-order valence-electron chi connectivity index (χ1n) is 3.88. The van der Waals surface area contributed by atoms with Crippen molar-refractivity contribution in [1.82, 2.24) is 5.43 Å². The molecule has 0 heterocycles. The van der Waals surface area contributed by atoms with Crippen molar-refractivity contribution < 1.29 is 4.79 Å². The summed E-state index contributed by atoms with van der Waals surface area (Å²) in [6.07, 6.45) is 1.04. The van der Waals surface area contributed by atoms with Crippen molar-refractivity contribution in [2.75, 3.05) is 0 Å². The maximum Gasteiger partial charge on any atom is 0.261 e. The topological polar surface area (TPSA) is 67.5 Å². The van der Waals surface area contributed by atoms with Crippen LogP contribution in [0.5, 0.6) is 0 Å². The fourth-order valence-electron chi connectivity index (χ4n) is 0.842. The molecule has 0 unspecified atom stereocenters.